The molecule has 166 valence electrons. The van der Waals surface area contributed by atoms with Crippen LogP contribution in [0.4, 0.5) is 5.82 Å². The zero-order chi connectivity index (χ0) is 22.8. The number of nitrogens with one attached hydrogen (secondary N) is 1. The minimum atomic E-state index is -3.84. The average Bonchev–Trinajstić information content (AvgIpc) is 3.26. The molecule has 4 aromatic rings. The van der Waals surface area contributed by atoms with E-state index in [9.17, 15) is 13.7 Å². The first kappa shape index (κ1) is 21.2. The molecule has 1 aliphatic rings. The van der Waals surface area contributed by atoms with E-state index in [4.69, 9.17) is 0 Å². The molecule has 0 aliphatic heterocycles. The van der Waals surface area contributed by atoms with Crippen LogP contribution in [0.1, 0.15) is 37.8 Å². The van der Waals surface area contributed by atoms with Crippen LogP contribution in [0.2, 0.25) is 0 Å². The van der Waals surface area contributed by atoms with Crippen LogP contribution >= 0.6 is 0 Å². The summed E-state index contributed by atoms with van der Waals surface area (Å²) in [4.78, 5) is 8.99. The molecule has 5 rings (SSSR count). The first-order valence-electron chi connectivity index (χ1n) is 11.0. The lowest BCUT2D eigenvalue weighted by Crippen LogP contribution is -2.22. The molecule has 1 N–H and O–H groups in total. The molecule has 1 saturated carbocycles. The second-order valence-electron chi connectivity index (χ2n) is 8.25. The number of benzene rings is 1. The van der Waals surface area contributed by atoms with Crippen LogP contribution in [0.3, 0.4) is 0 Å². The Bertz CT molecular complexity index is 1450. The summed E-state index contributed by atoms with van der Waals surface area (Å²) in [6.07, 6.45) is 8.92. The topological polar surface area (TPSA) is 101 Å². The molecule has 1 fully saturated rings. The van der Waals surface area contributed by atoms with Crippen LogP contribution in [0, 0.1) is 11.3 Å². The van der Waals surface area contributed by atoms with Crippen molar-refractivity contribution in [3.05, 3.63) is 72.7 Å². The van der Waals surface area contributed by atoms with E-state index in [1.54, 1.807) is 54.9 Å². The Hall–Kier alpha value is -3.70. The van der Waals surface area contributed by atoms with Crippen molar-refractivity contribution in [2.75, 3.05) is 5.32 Å². The summed E-state index contributed by atoms with van der Waals surface area (Å²) in [5.74, 6) is 0.631. The van der Waals surface area contributed by atoms with Gasteiger partial charge < -0.3 is 5.32 Å². The number of pyridine rings is 2. The first-order valence-corrected chi connectivity index (χ1v) is 12.5. The SMILES string of the molecule is N#Cc1cc(-c2cn(S(=O)(=O)c3ccccc3)c3ncccc23)cc(NC2CCCCC2)n1. The molecule has 33 heavy (non-hydrogen) atoms. The van der Waals surface area contributed by atoms with Gasteiger partial charge in [0.1, 0.15) is 17.6 Å². The van der Waals surface area contributed by atoms with Crippen LogP contribution in [0.15, 0.2) is 71.9 Å². The number of fused-ring (bicyclic) bond motifs is 1. The molecule has 3 heterocycles. The van der Waals surface area contributed by atoms with Crippen molar-refractivity contribution in [3.8, 4) is 17.2 Å². The fourth-order valence-electron chi connectivity index (χ4n) is 4.42. The Kier molecular flexibility index (Phi) is 5.56. The van der Waals surface area contributed by atoms with E-state index in [1.807, 2.05) is 12.1 Å². The minimum Gasteiger partial charge on any atom is -0.367 e. The van der Waals surface area contributed by atoms with Gasteiger partial charge in [0.05, 0.1) is 4.90 Å². The van der Waals surface area contributed by atoms with E-state index in [1.165, 1.54) is 23.2 Å². The number of hydrogen-bond acceptors (Lipinski definition) is 6. The van der Waals surface area contributed by atoms with Gasteiger partial charge >= 0.3 is 0 Å². The maximum Gasteiger partial charge on any atom is 0.269 e. The van der Waals surface area contributed by atoms with E-state index < -0.39 is 10.0 Å². The predicted molar refractivity (Wildman–Crippen MR) is 127 cm³/mol. The lowest BCUT2D eigenvalue weighted by molar-refractivity contribution is 0.462. The zero-order valence-corrected chi connectivity index (χ0v) is 18.8. The van der Waals surface area contributed by atoms with Gasteiger partial charge in [0.2, 0.25) is 0 Å². The van der Waals surface area contributed by atoms with Gasteiger partial charge in [0.15, 0.2) is 5.65 Å². The van der Waals surface area contributed by atoms with Gasteiger partial charge in [-0.15, -0.1) is 0 Å². The van der Waals surface area contributed by atoms with Gasteiger partial charge in [0, 0.05) is 29.4 Å². The van der Waals surface area contributed by atoms with Gasteiger partial charge in [-0.25, -0.2) is 22.4 Å². The zero-order valence-electron chi connectivity index (χ0n) is 18.0. The second-order valence-corrected chi connectivity index (χ2v) is 10.1. The lowest BCUT2D eigenvalue weighted by atomic mass is 9.95. The monoisotopic (exact) mass is 457 g/mol. The molecule has 0 atom stereocenters. The van der Waals surface area contributed by atoms with Crippen molar-refractivity contribution in [2.24, 2.45) is 0 Å². The van der Waals surface area contributed by atoms with Gasteiger partial charge in [-0.1, -0.05) is 37.5 Å². The molecule has 0 spiro atoms. The van der Waals surface area contributed by atoms with Crippen LogP contribution in [0.25, 0.3) is 22.2 Å². The van der Waals surface area contributed by atoms with Crippen molar-refractivity contribution < 1.29 is 8.42 Å². The number of hydrogen-bond donors (Lipinski definition) is 1. The Balaban J connectivity index is 1.64. The molecule has 0 bridgehead atoms. The molecule has 0 radical (unpaired) electrons. The highest BCUT2D eigenvalue weighted by atomic mass is 32.2. The maximum atomic E-state index is 13.4. The Morgan fingerprint density at radius 3 is 2.58 bits per heavy atom. The third kappa shape index (κ3) is 4.08. The van der Waals surface area contributed by atoms with E-state index >= 15 is 0 Å². The molecule has 0 unspecified atom stereocenters. The van der Waals surface area contributed by atoms with Gasteiger partial charge in [0.25, 0.3) is 10.0 Å². The van der Waals surface area contributed by atoms with Crippen molar-refractivity contribution in [3.63, 3.8) is 0 Å². The molecule has 1 aromatic carbocycles. The van der Waals surface area contributed by atoms with E-state index in [-0.39, 0.29) is 10.6 Å². The summed E-state index contributed by atoms with van der Waals surface area (Å²) >= 11 is 0. The van der Waals surface area contributed by atoms with Crippen LogP contribution in [-0.4, -0.2) is 28.4 Å². The number of anilines is 1. The molecule has 0 amide bonds. The van der Waals surface area contributed by atoms with Crippen LogP contribution in [-0.2, 0) is 10.0 Å². The molecule has 0 saturated heterocycles. The van der Waals surface area contributed by atoms with Crippen molar-refractivity contribution in [1.82, 2.24) is 13.9 Å². The van der Waals surface area contributed by atoms with E-state index in [0.29, 0.717) is 28.5 Å². The summed E-state index contributed by atoms with van der Waals surface area (Å²) in [5, 5.41) is 13.7. The third-order valence-corrected chi connectivity index (χ3v) is 7.70. The van der Waals surface area contributed by atoms with Crippen molar-refractivity contribution in [2.45, 2.75) is 43.0 Å². The highest BCUT2D eigenvalue weighted by molar-refractivity contribution is 7.90. The fourth-order valence-corrected chi connectivity index (χ4v) is 5.77. The fraction of sp³-hybridized carbons (Fsp3) is 0.240. The second kappa shape index (κ2) is 8.68. The van der Waals surface area contributed by atoms with Crippen LogP contribution in [0.5, 0.6) is 0 Å². The molecular weight excluding hydrogens is 434 g/mol. The van der Waals surface area contributed by atoms with Gasteiger partial charge in [-0.05, 0) is 54.8 Å². The number of nitriles is 1. The highest BCUT2D eigenvalue weighted by Crippen LogP contribution is 2.33. The number of nitrogens with zero attached hydrogens (tertiary/aromatic N) is 4. The highest BCUT2D eigenvalue weighted by Gasteiger charge is 2.23. The van der Waals surface area contributed by atoms with Crippen molar-refractivity contribution in [1.29, 1.82) is 5.26 Å². The normalized spacial score (nSPS) is 14.8. The summed E-state index contributed by atoms with van der Waals surface area (Å²) in [6.45, 7) is 0. The molecule has 3 aromatic heterocycles. The number of rotatable bonds is 5. The predicted octanol–water partition coefficient (Wildman–Crippen LogP) is 4.95. The Morgan fingerprint density at radius 1 is 1.03 bits per heavy atom. The van der Waals surface area contributed by atoms with E-state index in [2.05, 4.69) is 21.4 Å². The quantitative estimate of drug-likeness (QED) is 0.455. The largest absolute Gasteiger partial charge is 0.367 e. The number of aromatic nitrogens is 3. The van der Waals surface area contributed by atoms with Crippen LogP contribution < -0.4 is 5.32 Å². The van der Waals surface area contributed by atoms with Gasteiger partial charge in [-0.2, -0.15) is 5.26 Å². The van der Waals surface area contributed by atoms with E-state index in [0.717, 1.165) is 18.4 Å². The Morgan fingerprint density at radius 2 is 1.82 bits per heavy atom. The maximum absolute atomic E-state index is 13.4. The van der Waals surface area contributed by atoms with Crippen molar-refractivity contribution >= 4 is 26.9 Å². The summed E-state index contributed by atoms with van der Waals surface area (Å²) < 4.78 is 28.0. The third-order valence-electron chi connectivity index (χ3n) is 6.04. The average molecular weight is 458 g/mol. The molecular formula is C25H23N5O2S. The first-order chi connectivity index (χ1) is 16.1. The van der Waals surface area contributed by atoms with Gasteiger partial charge in [-0.3, -0.25) is 0 Å². The lowest BCUT2D eigenvalue weighted by Gasteiger charge is -2.23. The minimum absolute atomic E-state index is 0.186. The molecule has 8 heteroatoms. The molecule has 7 nitrogen and oxygen atoms in total. The Labute approximate surface area is 192 Å². The smallest absolute Gasteiger partial charge is 0.269 e. The summed E-state index contributed by atoms with van der Waals surface area (Å²) in [5.41, 5.74) is 2.03. The summed E-state index contributed by atoms with van der Waals surface area (Å²) in [6, 6.07) is 17.9. The standard InChI is InChI=1S/C25H23N5O2S/c26-16-20-14-18(15-24(29-20)28-19-8-3-1-4-9-19)23-17-30(25-22(23)12-7-13-27-25)33(31,32)21-10-5-2-6-11-21/h2,5-7,10-15,17,19H,1,3-4,8-9H2,(H,28,29). The molecule has 1 aliphatic carbocycles. The summed E-state index contributed by atoms with van der Waals surface area (Å²) in [7, 11) is -3.84.